The van der Waals surface area contributed by atoms with E-state index in [-0.39, 0.29) is 17.1 Å². The van der Waals surface area contributed by atoms with Gasteiger partial charge in [-0.3, -0.25) is 0 Å². The Balaban J connectivity index is 2.60. The molecule has 80 valence electrons. The zero-order valence-electron chi connectivity index (χ0n) is 7.98. The van der Waals surface area contributed by atoms with Crippen LogP contribution in [0.3, 0.4) is 0 Å². The van der Waals surface area contributed by atoms with Crippen LogP contribution in [0.4, 0.5) is 10.2 Å². The van der Waals surface area contributed by atoms with E-state index >= 15 is 0 Å². The number of halogens is 2. The van der Waals surface area contributed by atoms with Crippen LogP contribution in [-0.2, 0) is 0 Å². The second kappa shape index (κ2) is 3.94. The third-order valence-electron chi connectivity index (χ3n) is 2.06. The van der Waals surface area contributed by atoms with Gasteiger partial charge < -0.3 is 5.73 Å². The van der Waals surface area contributed by atoms with Gasteiger partial charge in [0.25, 0.3) is 0 Å². The van der Waals surface area contributed by atoms with E-state index in [1.54, 1.807) is 6.07 Å². The fourth-order valence-corrected chi connectivity index (χ4v) is 1.62. The number of nitrogen functional groups attached to an aromatic ring is 1. The number of nitriles is 1. The number of anilines is 1. The number of rotatable bonds is 1. The predicted octanol–water partition coefficient (Wildman–Crippen LogP) is 2.23. The molecule has 0 atom stereocenters. The highest BCUT2D eigenvalue weighted by molar-refractivity contribution is 9.10. The molecule has 2 rings (SSSR count). The maximum atomic E-state index is 13.6. The Labute approximate surface area is 99.2 Å². The SMILES string of the molecule is N#Cc1cnn(-c2ccc(Br)cc2F)c1N. The van der Waals surface area contributed by atoms with Gasteiger partial charge in [-0.15, -0.1) is 0 Å². The molecule has 1 heterocycles. The molecule has 0 fully saturated rings. The van der Waals surface area contributed by atoms with Crippen LogP contribution in [0.1, 0.15) is 5.56 Å². The number of nitrogens with zero attached hydrogens (tertiary/aromatic N) is 3. The van der Waals surface area contributed by atoms with Crippen molar-refractivity contribution in [1.29, 1.82) is 5.26 Å². The molecule has 0 unspecified atom stereocenters. The first-order chi connectivity index (χ1) is 7.63. The molecule has 0 saturated carbocycles. The Kier molecular flexibility index (Phi) is 2.62. The number of benzene rings is 1. The first kappa shape index (κ1) is 10.6. The molecule has 1 aromatic heterocycles. The van der Waals surface area contributed by atoms with Crippen molar-refractivity contribution < 1.29 is 4.39 Å². The first-order valence-electron chi connectivity index (χ1n) is 4.32. The van der Waals surface area contributed by atoms with Crippen molar-refractivity contribution in [2.75, 3.05) is 5.73 Å². The Morgan fingerprint density at radius 3 is 2.81 bits per heavy atom. The van der Waals surface area contributed by atoms with Crippen LogP contribution in [0.5, 0.6) is 0 Å². The zero-order valence-corrected chi connectivity index (χ0v) is 9.57. The third-order valence-corrected chi connectivity index (χ3v) is 2.56. The standard InChI is InChI=1S/C10H6BrFN4/c11-7-1-2-9(8(12)3-7)16-10(14)6(4-13)5-15-16/h1-3,5H,14H2. The van der Waals surface area contributed by atoms with Crippen LogP contribution in [0.2, 0.25) is 0 Å². The summed E-state index contributed by atoms with van der Waals surface area (Å²) in [7, 11) is 0. The van der Waals surface area contributed by atoms with Crippen LogP contribution in [0, 0.1) is 17.1 Å². The van der Waals surface area contributed by atoms with Crippen molar-refractivity contribution in [3.8, 4) is 11.8 Å². The molecular formula is C10H6BrFN4. The quantitative estimate of drug-likeness (QED) is 0.871. The predicted molar refractivity (Wildman–Crippen MR) is 60.3 cm³/mol. The second-order valence-corrected chi connectivity index (χ2v) is 3.98. The summed E-state index contributed by atoms with van der Waals surface area (Å²) in [5, 5.41) is 12.6. The third kappa shape index (κ3) is 1.66. The fourth-order valence-electron chi connectivity index (χ4n) is 1.29. The first-order valence-corrected chi connectivity index (χ1v) is 5.12. The summed E-state index contributed by atoms with van der Waals surface area (Å²) in [6.07, 6.45) is 1.30. The summed E-state index contributed by atoms with van der Waals surface area (Å²) in [5.74, 6) is -0.336. The van der Waals surface area contributed by atoms with E-state index in [4.69, 9.17) is 11.0 Å². The van der Waals surface area contributed by atoms with Gasteiger partial charge in [0.05, 0.1) is 6.20 Å². The van der Waals surface area contributed by atoms with Gasteiger partial charge in [0.15, 0.2) is 0 Å². The average molecular weight is 281 g/mol. The fraction of sp³-hybridized carbons (Fsp3) is 0. The molecule has 4 nitrogen and oxygen atoms in total. The number of hydrogen-bond acceptors (Lipinski definition) is 3. The highest BCUT2D eigenvalue weighted by atomic mass is 79.9. The van der Waals surface area contributed by atoms with Gasteiger partial charge >= 0.3 is 0 Å². The van der Waals surface area contributed by atoms with Gasteiger partial charge in [-0.2, -0.15) is 10.4 Å². The molecule has 16 heavy (non-hydrogen) atoms. The van der Waals surface area contributed by atoms with E-state index in [0.29, 0.717) is 4.47 Å². The molecule has 0 saturated heterocycles. The number of hydrogen-bond donors (Lipinski definition) is 1. The molecule has 0 aliphatic carbocycles. The summed E-state index contributed by atoms with van der Waals surface area (Å²) in [6.45, 7) is 0. The van der Waals surface area contributed by atoms with Gasteiger partial charge in [0.1, 0.15) is 29.0 Å². The van der Waals surface area contributed by atoms with E-state index in [1.165, 1.54) is 23.0 Å². The van der Waals surface area contributed by atoms with Gasteiger partial charge in [0.2, 0.25) is 0 Å². The van der Waals surface area contributed by atoms with E-state index in [9.17, 15) is 4.39 Å². The maximum Gasteiger partial charge on any atom is 0.150 e. The molecule has 0 aliphatic rings. The summed E-state index contributed by atoms with van der Waals surface area (Å²) < 4.78 is 15.4. The lowest BCUT2D eigenvalue weighted by Gasteiger charge is -2.05. The largest absolute Gasteiger partial charge is 0.382 e. The molecule has 2 N–H and O–H groups in total. The average Bonchev–Trinajstić information content (AvgIpc) is 2.60. The lowest BCUT2D eigenvalue weighted by Crippen LogP contribution is -2.04. The molecule has 0 radical (unpaired) electrons. The van der Waals surface area contributed by atoms with Crippen molar-refractivity contribution in [1.82, 2.24) is 9.78 Å². The molecular weight excluding hydrogens is 275 g/mol. The lowest BCUT2D eigenvalue weighted by molar-refractivity contribution is 0.611. The molecule has 2 aromatic rings. The van der Waals surface area contributed by atoms with Crippen molar-refractivity contribution in [3.05, 3.63) is 40.2 Å². The Morgan fingerprint density at radius 1 is 1.50 bits per heavy atom. The van der Waals surface area contributed by atoms with Crippen LogP contribution < -0.4 is 5.73 Å². The highest BCUT2D eigenvalue weighted by Crippen LogP contribution is 2.21. The van der Waals surface area contributed by atoms with Gasteiger partial charge in [-0.1, -0.05) is 15.9 Å². The molecule has 6 heteroatoms. The van der Waals surface area contributed by atoms with E-state index in [0.717, 1.165) is 0 Å². The summed E-state index contributed by atoms with van der Waals surface area (Å²) in [5.41, 5.74) is 6.09. The molecule has 0 bridgehead atoms. The Morgan fingerprint density at radius 2 is 2.25 bits per heavy atom. The zero-order chi connectivity index (χ0) is 11.7. The highest BCUT2D eigenvalue weighted by Gasteiger charge is 2.12. The number of nitrogens with two attached hydrogens (primary N) is 1. The van der Waals surface area contributed by atoms with Crippen molar-refractivity contribution in [2.45, 2.75) is 0 Å². The number of aromatic nitrogens is 2. The maximum absolute atomic E-state index is 13.6. The van der Waals surface area contributed by atoms with Crippen LogP contribution in [0.25, 0.3) is 5.69 Å². The van der Waals surface area contributed by atoms with Gasteiger partial charge in [-0.05, 0) is 18.2 Å². The minimum atomic E-state index is -0.464. The second-order valence-electron chi connectivity index (χ2n) is 3.06. The Bertz CT molecular complexity index is 585. The smallest absolute Gasteiger partial charge is 0.150 e. The summed E-state index contributed by atoms with van der Waals surface area (Å²) >= 11 is 3.15. The van der Waals surface area contributed by atoms with Crippen LogP contribution in [-0.4, -0.2) is 9.78 Å². The molecule has 0 spiro atoms. The van der Waals surface area contributed by atoms with Gasteiger partial charge in [-0.25, -0.2) is 9.07 Å². The normalized spacial score (nSPS) is 10.1. The van der Waals surface area contributed by atoms with E-state index < -0.39 is 5.82 Å². The lowest BCUT2D eigenvalue weighted by atomic mass is 10.3. The topological polar surface area (TPSA) is 67.6 Å². The summed E-state index contributed by atoms with van der Waals surface area (Å²) in [4.78, 5) is 0. The van der Waals surface area contributed by atoms with E-state index in [2.05, 4.69) is 21.0 Å². The van der Waals surface area contributed by atoms with Crippen molar-refractivity contribution >= 4 is 21.7 Å². The van der Waals surface area contributed by atoms with E-state index in [1.807, 2.05) is 6.07 Å². The van der Waals surface area contributed by atoms with Crippen LogP contribution in [0.15, 0.2) is 28.9 Å². The van der Waals surface area contributed by atoms with Crippen molar-refractivity contribution in [2.24, 2.45) is 0 Å². The minimum absolute atomic E-state index is 0.128. The molecule has 0 aliphatic heterocycles. The molecule has 0 amide bonds. The minimum Gasteiger partial charge on any atom is -0.382 e. The Hall–Kier alpha value is -1.87. The molecule has 1 aromatic carbocycles. The van der Waals surface area contributed by atoms with Crippen LogP contribution >= 0.6 is 15.9 Å². The summed E-state index contributed by atoms with van der Waals surface area (Å²) in [6, 6.07) is 6.39. The monoisotopic (exact) mass is 280 g/mol. The van der Waals surface area contributed by atoms with Gasteiger partial charge in [0, 0.05) is 4.47 Å². The van der Waals surface area contributed by atoms with Crippen molar-refractivity contribution in [3.63, 3.8) is 0 Å².